The number of halogens is 1. The Hall–Kier alpha value is -3.39. The molecule has 3 aliphatic heterocycles. The monoisotopic (exact) mass is 450 g/mol. The SMILES string of the molecule is COc1cc(C=C2CCCN3C2=NOC3(CO)c2ccccc2F)ccc1N1C=NC(C)C1. The largest absolute Gasteiger partial charge is 0.495 e. The fourth-order valence-corrected chi connectivity index (χ4v) is 4.71. The lowest BCUT2D eigenvalue weighted by molar-refractivity contribution is -0.139. The Kier molecular flexibility index (Phi) is 5.54. The highest BCUT2D eigenvalue weighted by molar-refractivity contribution is 6.03. The molecule has 3 aliphatic rings. The second-order valence-electron chi connectivity index (χ2n) is 8.55. The lowest BCUT2D eigenvalue weighted by Gasteiger charge is -2.38. The minimum atomic E-state index is -1.35. The summed E-state index contributed by atoms with van der Waals surface area (Å²) in [6.45, 7) is 3.10. The van der Waals surface area contributed by atoms with Crippen molar-refractivity contribution in [2.75, 3.05) is 31.7 Å². The van der Waals surface area contributed by atoms with Crippen LogP contribution in [0, 0.1) is 5.82 Å². The van der Waals surface area contributed by atoms with Gasteiger partial charge in [-0.3, -0.25) is 4.99 Å². The zero-order valence-electron chi connectivity index (χ0n) is 18.7. The van der Waals surface area contributed by atoms with Gasteiger partial charge in [0, 0.05) is 13.1 Å². The molecular weight excluding hydrogens is 423 g/mol. The summed E-state index contributed by atoms with van der Waals surface area (Å²) in [5, 5.41) is 14.6. The number of amidine groups is 1. The first-order chi connectivity index (χ1) is 16.1. The molecule has 8 heteroatoms. The van der Waals surface area contributed by atoms with Crippen LogP contribution in [0.25, 0.3) is 6.08 Å². The number of aliphatic hydroxyl groups is 1. The van der Waals surface area contributed by atoms with E-state index in [4.69, 9.17) is 9.57 Å². The number of piperidine rings is 1. The highest BCUT2D eigenvalue weighted by Gasteiger charge is 2.50. The maximum atomic E-state index is 14.6. The third-order valence-corrected chi connectivity index (χ3v) is 6.37. The molecule has 2 atom stereocenters. The van der Waals surface area contributed by atoms with E-state index < -0.39 is 18.1 Å². The summed E-state index contributed by atoms with van der Waals surface area (Å²) in [6.07, 6.45) is 5.54. The van der Waals surface area contributed by atoms with Gasteiger partial charge in [0.2, 0.25) is 0 Å². The minimum Gasteiger partial charge on any atom is -0.495 e. The van der Waals surface area contributed by atoms with Crippen LogP contribution in [0.1, 0.15) is 30.9 Å². The molecule has 3 heterocycles. The molecule has 0 spiro atoms. The number of nitrogens with zero attached hydrogens (tertiary/aromatic N) is 4. The lowest BCUT2D eigenvalue weighted by Crippen LogP contribution is -2.51. The average molecular weight is 451 g/mol. The van der Waals surface area contributed by atoms with Crippen molar-refractivity contribution in [1.29, 1.82) is 0 Å². The van der Waals surface area contributed by atoms with E-state index >= 15 is 0 Å². The fraction of sp³-hybridized carbons (Fsp3) is 0.360. The minimum absolute atomic E-state index is 0.256. The Bertz CT molecular complexity index is 1150. The van der Waals surface area contributed by atoms with Crippen LogP contribution in [-0.2, 0) is 10.6 Å². The van der Waals surface area contributed by atoms with Crippen molar-refractivity contribution in [1.82, 2.24) is 4.90 Å². The van der Waals surface area contributed by atoms with Crippen molar-refractivity contribution in [3.8, 4) is 5.75 Å². The van der Waals surface area contributed by atoms with Crippen molar-refractivity contribution in [3.05, 3.63) is 65.0 Å². The van der Waals surface area contributed by atoms with Gasteiger partial charge in [-0.15, -0.1) is 0 Å². The van der Waals surface area contributed by atoms with Gasteiger partial charge in [-0.1, -0.05) is 23.4 Å². The van der Waals surface area contributed by atoms with Crippen molar-refractivity contribution in [2.24, 2.45) is 10.1 Å². The molecule has 1 fully saturated rings. The first-order valence-corrected chi connectivity index (χ1v) is 11.1. The summed E-state index contributed by atoms with van der Waals surface area (Å²) in [5.74, 6) is 0.958. The zero-order chi connectivity index (χ0) is 23.0. The van der Waals surface area contributed by atoms with Crippen molar-refractivity contribution >= 4 is 23.9 Å². The van der Waals surface area contributed by atoms with E-state index in [9.17, 15) is 9.50 Å². The molecule has 7 nitrogen and oxygen atoms in total. The van der Waals surface area contributed by atoms with Crippen LogP contribution in [0.5, 0.6) is 5.75 Å². The quantitative estimate of drug-likeness (QED) is 0.752. The summed E-state index contributed by atoms with van der Waals surface area (Å²) in [6, 6.07) is 12.7. The predicted octanol–water partition coefficient (Wildman–Crippen LogP) is 3.74. The Morgan fingerprint density at radius 2 is 2.15 bits per heavy atom. The summed E-state index contributed by atoms with van der Waals surface area (Å²) in [7, 11) is 1.66. The summed E-state index contributed by atoms with van der Waals surface area (Å²) in [4.78, 5) is 14.1. The molecule has 2 unspecified atom stereocenters. The molecule has 172 valence electrons. The van der Waals surface area contributed by atoms with Crippen molar-refractivity contribution in [2.45, 2.75) is 31.5 Å². The molecule has 1 N–H and O–H groups in total. The second-order valence-corrected chi connectivity index (χ2v) is 8.55. The van der Waals surface area contributed by atoms with Gasteiger partial charge in [0.1, 0.15) is 18.2 Å². The Morgan fingerprint density at radius 3 is 2.88 bits per heavy atom. The van der Waals surface area contributed by atoms with Crippen LogP contribution < -0.4 is 9.64 Å². The van der Waals surface area contributed by atoms with Crippen LogP contribution in [0.4, 0.5) is 10.1 Å². The van der Waals surface area contributed by atoms with Gasteiger partial charge in [-0.2, -0.15) is 0 Å². The van der Waals surface area contributed by atoms with E-state index in [1.165, 1.54) is 6.07 Å². The number of hydrogen-bond donors (Lipinski definition) is 1. The number of oxime groups is 1. The summed E-state index contributed by atoms with van der Waals surface area (Å²) in [5.41, 5.74) is 1.83. The number of fused-ring (bicyclic) bond motifs is 1. The molecule has 0 aliphatic carbocycles. The molecule has 0 bridgehead atoms. The second kappa shape index (κ2) is 8.51. The Labute approximate surface area is 192 Å². The maximum absolute atomic E-state index is 14.6. The average Bonchev–Trinajstić information content (AvgIpc) is 3.44. The molecule has 0 radical (unpaired) electrons. The molecule has 0 aromatic heterocycles. The fourth-order valence-electron chi connectivity index (χ4n) is 4.71. The van der Waals surface area contributed by atoms with Crippen LogP contribution in [0.2, 0.25) is 0 Å². The van der Waals surface area contributed by atoms with Crippen LogP contribution in [0.3, 0.4) is 0 Å². The highest BCUT2D eigenvalue weighted by atomic mass is 19.1. The first kappa shape index (κ1) is 21.5. The molecule has 0 amide bonds. The molecule has 1 saturated heterocycles. The third-order valence-electron chi connectivity index (χ3n) is 6.37. The number of anilines is 1. The van der Waals surface area contributed by atoms with Crippen molar-refractivity contribution < 1.29 is 19.1 Å². The van der Waals surface area contributed by atoms with Gasteiger partial charge in [0.25, 0.3) is 5.72 Å². The van der Waals surface area contributed by atoms with Gasteiger partial charge in [0.15, 0.2) is 5.84 Å². The number of methoxy groups -OCH3 is 1. The van der Waals surface area contributed by atoms with E-state index in [2.05, 4.69) is 28.0 Å². The zero-order valence-corrected chi connectivity index (χ0v) is 18.7. The normalized spacial score (nSPS) is 25.3. The lowest BCUT2D eigenvalue weighted by atomic mass is 9.94. The predicted molar refractivity (Wildman–Crippen MR) is 126 cm³/mol. The Balaban J connectivity index is 1.46. The van der Waals surface area contributed by atoms with Gasteiger partial charge in [-0.05, 0) is 61.2 Å². The molecule has 33 heavy (non-hydrogen) atoms. The molecule has 0 saturated carbocycles. The maximum Gasteiger partial charge on any atom is 0.263 e. The standard InChI is InChI=1S/C25H27FN4O3/c1-17-14-29(16-27-17)22-10-9-18(13-23(22)32-2)12-19-6-5-11-30-24(19)28-33-25(30,15-31)20-7-3-4-8-21(20)26/h3-4,7-10,12-13,16-17,31H,5-6,11,14-15H2,1-2H3. The van der Waals surface area contributed by atoms with Crippen LogP contribution >= 0.6 is 0 Å². The highest BCUT2D eigenvalue weighted by Crippen LogP contribution is 2.41. The molecule has 2 aromatic carbocycles. The number of rotatable bonds is 5. The van der Waals surface area contributed by atoms with E-state index in [-0.39, 0.29) is 11.6 Å². The first-order valence-electron chi connectivity index (χ1n) is 11.1. The number of benzene rings is 2. The van der Waals surface area contributed by atoms with Gasteiger partial charge in [0.05, 0.1) is 30.7 Å². The summed E-state index contributed by atoms with van der Waals surface area (Å²) >= 11 is 0. The van der Waals surface area contributed by atoms with Gasteiger partial charge in [-0.25, -0.2) is 4.39 Å². The molecule has 5 rings (SSSR count). The Morgan fingerprint density at radius 1 is 1.30 bits per heavy atom. The van der Waals surface area contributed by atoms with E-state index in [1.54, 1.807) is 25.3 Å². The smallest absolute Gasteiger partial charge is 0.263 e. The number of ether oxygens (including phenoxy) is 1. The summed E-state index contributed by atoms with van der Waals surface area (Å²) < 4.78 is 20.3. The van der Waals surface area contributed by atoms with Gasteiger partial charge >= 0.3 is 0 Å². The third kappa shape index (κ3) is 3.64. The molecular formula is C25H27FN4O3. The topological polar surface area (TPSA) is 69.9 Å². The van der Waals surface area contributed by atoms with E-state index in [0.717, 1.165) is 42.0 Å². The van der Waals surface area contributed by atoms with Crippen LogP contribution in [0.15, 0.2) is 58.2 Å². The number of hydrogen-bond acceptors (Lipinski definition) is 7. The van der Waals surface area contributed by atoms with Crippen molar-refractivity contribution in [3.63, 3.8) is 0 Å². The molecule has 2 aromatic rings. The number of aliphatic imine (C=N–C) groups is 1. The van der Waals surface area contributed by atoms with Crippen LogP contribution in [-0.4, -0.2) is 55.0 Å². The number of aliphatic hydroxyl groups excluding tert-OH is 1. The van der Waals surface area contributed by atoms with E-state index in [1.807, 2.05) is 29.4 Å². The van der Waals surface area contributed by atoms with E-state index in [0.29, 0.717) is 12.4 Å². The van der Waals surface area contributed by atoms with Gasteiger partial charge < -0.3 is 24.5 Å².